The summed E-state index contributed by atoms with van der Waals surface area (Å²) in [7, 11) is 0. The maximum atomic E-state index is 13.3. The van der Waals surface area contributed by atoms with Gasteiger partial charge >= 0.3 is 0 Å². The second kappa shape index (κ2) is 8.48. The van der Waals surface area contributed by atoms with Gasteiger partial charge in [-0.05, 0) is 48.4 Å². The number of ketones is 1. The van der Waals surface area contributed by atoms with Gasteiger partial charge in [0.15, 0.2) is 10.9 Å². The molecule has 0 aliphatic carbocycles. The number of carbonyl (C=O) groups is 1. The summed E-state index contributed by atoms with van der Waals surface area (Å²) in [6, 6.07) is 24.4. The van der Waals surface area contributed by atoms with Crippen molar-refractivity contribution >= 4 is 39.4 Å². The van der Waals surface area contributed by atoms with Crippen molar-refractivity contribution < 1.29 is 9.21 Å². The van der Waals surface area contributed by atoms with Crippen molar-refractivity contribution in [2.24, 2.45) is 0 Å². The van der Waals surface area contributed by atoms with Crippen LogP contribution in [0.2, 0.25) is 0 Å². The van der Waals surface area contributed by atoms with Crippen LogP contribution in [-0.2, 0) is 6.42 Å². The number of hydrogen-bond donors (Lipinski definition) is 0. The molecule has 0 atom stereocenters. The standard InChI is InChI=1S/C26H20N2O3S/c1-2-17-11-13-19(14-12-17)28-25(30)20-8-4-5-9-21(20)27-26(28)32-16-22(29)24-15-18-7-3-6-10-23(18)31-24/h3-15H,2,16H2,1H3. The lowest BCUT2D eigenvalue weighted by Crippen LogP contribution is -2.22. The summed E-state index contributed by atoms with van der Waals surface area (Å²) in [6.45, 7) is 2.09. The third kappa shape index (κ3) is 3.74. The van der Waals surface area contributed by atoms with Crippen molar-refractivity contribution in [3.8, 4) is 5.69 Å². The number of hydrogen-bond acceptors (Lipinski definition) is 5. The number of aromatic nitrogens is 2. The lowest BCUT2D eigenvalue weighted by Gasteiger charge is -2.13. The second-order valence-electron chi connectivity index (χ2n) is 7.43. The van der Waals surface area contributed by atoms with Gasteiger partial charge in [-0.1, -0.05) is 61.2 Å². The summed E-state index contributed by atoms with van der Waals surface area (Å²) >= 11 is 1.24. The van der Waals surface area contributed by atoms with E-state index in [1.54, 1.807) is 16.7 Å². The summed E-state index contributed by atoms with van der Waals surface area (Å²) in [5.74, 6) is 0.264. The van der Waals surface area contributed by atoms with Gasteiger partial charge in [-0.25, -0.2) is 4.98 Å². The molecule has 32 heavy (non-hydrogen) atoms. The molecule has 0 saturated heterocycles. The number of Topliss-reactive ketones (excluding diaryl/α,β-unsaturated/α-hetero) is 1. The Kier molecular flexibility index (Phi) is 5.37. The summed E-state index contributed by atoms with van der Waals surface area (Å²) in [5, 5.41) is 1.90. The second-order valence-corrected chi connectivity index (χ2v) is 8.37. The van der Waals surface area contributed by atoms with Crippen molar-refractivity contribution in [1.29, 1.82) is 0 Å². The summed E-state index contributed by atoms with van der Waals surface area (Å²) < 4.78 is 7.28. The Hall–Kier alpha value is -3.64. The van der Waals surface area contributed by atoms with E-state index in [9.17, 15) is 9.59 Å². The zero-order valence-electron chi connectivity index (χ0n) is 17.4. The van der Waals surface area contributed by atoms with Crippen LogP contribution in [0.15, 0.2) is 93.2 Å². The summed E-state index contributed by atoms with van der Waals surface area (Å²) in [5.41, 5.74) is 3.04. The lowest BCUT2D eigenvalue weighted by atomic mass is 10.1. The number of para-hydroxylation sites is 2. The highest BCUT2D eigenvalue weighted by Gasteiger charge is 2.17. The summed E-state index contributed by atoms with van der Waals surface area (Å²) in [6.07, 6.45) is 0.915. The van der Waals surface area contributed by atoms with Crippen molar-refractivity contribution in [1.82, 2.24) is 9.55 Å². The van der Waals surface area contributed by atoms with Gasteiger partial charge in [0.1, 0.15) is 5.58 Å². The van der Waals surface area contributed by atoms with Crippen molar-refractivity contribution in [3.63, 3.8) is 0 Å². The van der Waals surface area contributed by atoms with Gasteiger partial charge in [0, 0.05) is 5.39 Å². The molecular weight excluding hydrogens is 420 g/mol. The van der Waals surface area contributed by atoms with Gasteiger partial charge in [0.05, 0.1) is 22.3 Å². The minimum atomic E-state index is -0.154. The molecule has 6 heteroatoms. The number of benzene rings is 3. The minimum absolute atomic E-state index is 0.109. The van der Waals surface area contributed by atoms with Crippen molar-refractivity contribution in [3.05, 3.63) is 101 Å². The highest BCUT2D eigenvalue weighted by molar-refractivity contribution is 7.99. The molecule has 5 rings (SSSR count). The first-order chi connectivity index (χ1) is 15.6. The molecule has 158 valence electrons. The molecule has 0 saturated carbocycles. The van der Waals surface area contributed by atoms with Gasteiger partial charge in [-0.3, -0.25) is 14.2 Å². The molecule has 0 unspecified atom stereocenters. The zero-order valence-corrected chi connectivity index (χ0v) is 18.3. The molecule has 5 nitrogen and oxygen atoms in total. The molecular formula is C26H20N2O3S. The molecule has 2 heterocycles. The first-order valence-electron chi connectivity index (χ1n) is 10.4. The Morgan fingerprint density at radius 3 is 2.53 bits per heavy atom. The van der Waals surface area contributed by atoms with E-state index in [2.05, 4.69) is 6.92 Å². The normalized spacial score (nSPS) is 11.3. The molecule has 3 aromatic carbocycles. The molecule has 0 radical (unpaired) electrons. The largest absolute Gasteiger partial charge is 0.453 e. The van der Waals surface area contributed by atoms with E-state index in [1.807, 2.05) is 66.7 Å². The topological polar surface area (TPSA) is 65.1 Å². The highest BCUT2D eigenvalue weighted by atomic mass is 32.2. The highest BCUT2D eigenvalue weighted by Crippen LogP contribution is 2.25. The first kappa shape index (κ1) is 20.3. The number of nitrogens with zero attached hydrogens (tertiary/aromatic N) is 2. The van der Waals surface area contributed by atoms with Gasteiger partial charge in [0.2, 0.25) is 5.78 Å². The third-order valence-corrected chi connectivity index (χ3v) is 6.32. The fourth-order valence-electron chi connectivity index (χ4n) is 3.64. The van der Waals surface area contributed by atoms with Crippen LogP contribution in [-0.4, -0.2) is 21.1 Å². The molecule has 0 bridgehead atoms. The fraction of sp³-hybridized carbons (Fsp3) is 0.115. The lowest BCUT2D eigenvalue weighted by molar-refractivity contribution is 0.0994. The van der Waals surface area contributed by atoms with E-state index >= 15 is 0 Å². The molecule has 5 aromatic rings. The molecule has 0 spiro atoms. The number of carbonyl (C=O) groups excluding carboxylic acids is 1. The number of fused-ring (bicyclic) bond motifs is 2. The van der Waals surface area contributed by atoms with Gasteiger partial charge in [-0.2, -0.15) is 0 Å². The Morgan fingerprint density at radius 2 is 1.75 bits per heavy atom. The molecule has 0 N–H and O–H groups in total. The molecule has 0 fully saturated rings. The van der Waals surface area contributed by atoms with Crippen LogP contribution in [0.3, 0.4) is 0 Å². The smallest absolute Gasteiger partial charge is 0.266 e. The van der Waals surface area contributed by atoms with Gasteiger partial charge in [-0.15, -0.1) is 0 Å². The molecule has 0 aliphatic heterocycles. The van der Waals surface area contributed by atoms with E-state index < -0.39 is 0 Å². The van der Waals surface area contributed by atoms with Crippen LogP contribution in [0.1, 0.15) is 23.0 Å². The Balaban J connectivity index is 1.53. The average molecular weight is 441 g/mol. The van der Waals surface area contributed by atoms with Crippen molar-refractivity contribution in [2.75, 3.05) is 5.75 Å². The van der Waals surface area contributed by atoms with Crippen LogP contribution in [0.4, 0.5) is 0 Å². The molecule has 0 amide bonds. The van der Waals surface area contributed by atoms with Crippen LogP contribution in [0.25, 0.3) is 27.6 Å². The number of rotatable bonds is 6. The predicted molar refractivity (Wildman–Crippen MR) is 128 cm³/mol. The third-order valence-electron chi connectivity index (χ3n) is 5.38. The van der Waals surface area contributed by atoms with Gasteiger partial charge in [0.25, 0.3) is 5.56 Å². The Morgan fingerprint density at radius 1 is 1.00 bits per heavy atom. The number of thioether (sulfide) groups is 1. The minimum Gasteiger partial charge on any atom is -0.453 e. The maximum Gasteiger partial charge on any atom is 0.266 e. The van der Waals surface area contributed by atoms with E-state index in [4.69, 9.17) is 9.40 Å². The zero-order chi connectivity index (χ0) is 22.1. The van der Waals surface area contributed by atoms with Crippen LogP contribution < -0.4 is 5.56 Å². The van der Waals surface area contributed by atoms with E-state index in [1.165, 1.54) is 17.3 Å². The SMILES string of the molecule is CCc1ccc(-n2c(SCC(=O)c3cc4ccccc4o3)nc3ccccc3c2=O)cc1. The van der Waals surface area contributed by atoms with E-state index in [-0.39, 0.29) is 17.1 Å². The van der Waals surface area contributed by atoms with Crippen molar-refractivity contribution in [2.45, 2.75) is 18.5 Å². The van der Waals surface area contributed by atoms with Crippen LogP contribution in [0, 0.1) is 0 Å². The predicted octanol–water partition coefficient (Wildman–Crippen LogP) is 5.67. The molecule has 2 aromatic heterocycles. The monoisotopic (exact) mass is 440 g/mol. The maximum absolute atomic E-state index is 13.3. The number of furan rings is 1. The Bertz CT molecular complexity index is 1470. The molecule has 0 aliphatic rings. The number of aryl methyl sites for hydroxylation is 1. The first-order valence-corrected chi connectivity index (χ1v) is 11.4. The van der Waals surface area contributed by atoms with E-state index in [0.29, 0.717) is 27.4 Å². The van der Waals surface area contributed by atoms with E-state index in [0.717, 1.165) is 17.5 Å². The average Bonchev–Trinajstić information content (AvgIpc) is 3.27. The van der Waals surface area contributed by atoms with Gasteiger partial charge < -0.3 is 4.42 Å². The van der Waals surface area contributed by atoms with Crippen LogP contribution >= 0.6 is 11.8 Å². The quantitative estimate of drug-likeness (QED) is 0.193. The van der Waals surface area contributed by atoms with Crippen LogP contribution in [0.5, 0.6) is 0 Å². The summed E-state index contributed by atoms with van der Waals surface area (Å²) in [4.78, 5) is 30.9. The fourth-order valence-corrected chi connectivity index (χ4v) is 4.52. The Labute approximate surface area is 188 Å².